The SMILES string of the molecule is COC(=O)c1ccc(CN2C(=O)Nc3ccccc3S2(=O)=O)cc1. The highest BCUT2D eigenvalue weighted by Crippen LogP contribution is 2.30. The van der Waals surface area contributed by atoms with Crippen LogP contribution in [0.4, 0.5) is 10.5 Å². The van der Waals surface area contributed by atoms with Crippen LogP contribution in [0.5, 0.6) is 0 Å². The Labute approximate surface area is 138 Å². The van der Waals surface area contributed by atoms with Gasteiger partial charge in [-0.2, -0.15) is 0 Å². The predicted octanol–water partition coefficient (Wildman–Crippen LogP) is 2.21. The van der Waals surface area contributed by atoms with E-state index in [1.165, 1.54) is 31.4 Å². The first kappa shape index (κ1) is 16.0. The molecule has 0 unspecified atom stereocenters. The summed E-state index contributed by atoms with van der Waals surface area (Å²) in [6.45, 7) is -0.135. The molecule has 8 heteroatoms. The van der Waals surface area contributed by atoms with Crippen LogP contribution >= 0.6 is 0 Å². The van der Waals surface area contributed by atoms with Crippen LogP contribution in [0.15, 0.2) is 53.4 Å². The molecule has 1 N–H and O–H groups in total. The van der Waals surface area contributed by atoms with E-state index < -0.39 is 22.0 Å². The average molecular weight is 346 g/mol. The fourth-order valence-electron chi connectivity index (χ4n) is 2.39. The number of rotatable bonds is 3. The second-order valence-electron chi connectivity index (χ2n) is 5.13. The zero-order chi connectivity index (χ0) is 17.3. The predicted molar refractivity (Wildman–Crippen MR) is 86.0 cm³/mol. The summed E-state index contributed by atoms with van der Waals surface area (Å²) >= 11 is 0. The van der Waals surface area contributed by atoms with Crippen molar-refractivity contribution in [2.24, 2.45) is 0 Å². The summed E-state index contributed by atoms with van der Waals surface area (Å²) < 4.78 is 30.6. The molecule has 2 amide bonds. The topological polar surface area (TPSA) is 92.8 Å². The molecule has 1 aliphatic heterocycles. The molecule has 2 aromatic rings. The fraction of sp³-hybridized carbons (Fsp3) is 0.125. The van der Waals surface area contributed by atoms with Crippen molar-refractivity contribution < 1.29 is 22.7 Å². The van der Waals surface area contributed by atoms with Crippen LogP contribution in [-0.2, 0) is 21.3 Å². The monoisotopic (exact) mass is 346 g/mol. The van der Waals surface area contributed by atoms with Gasteiger partial charge in [-0.05, 0) is 29.8 Å². The van der Waals surface area contributed by atoms with Gasteiger partial charge in [0.2, 0.25) is 0 Å². The Hall–Kier alpha value is -2.87. The van der Waals surface area contributed by atoms with Gasteiger partial charge >= 0.3 is 12.0 Å². The lowest BCUT2D eigenvalue weighted by molar-refractivity contribution is 0.0600. The molecule has 1 heterocycles. The maximum Gasteiger partial charge on any atom is 0.337 e. The van der Waals surface area contributed by atoms with Crippen molar-refractivity contribution in [3.05, 3.63) is 59.7 Å². The maximum absolute atomic E-state index is 12.6. The van der Waals surface area contributed by atoms with Crippen molar-refractivity contribution >= 4 is 27.7 Å². The Morgan fingerprint density at radius 1 is 1.12 bits per heavy atom. The van der Waals surface area contributed by atoms with E-state index in [2.05, 4.69) is 10.1 Å². The molecule has 124 valence electrons. The molecule has 0 fully saturated rings. The molecule has 0 spiro atoms. The van der Waals surface area contributed by atoms with Gasteiger partial charge in [-0.15, -0.1) is 0 Å². The molecule has 0 aromatic heterocycles. The number of fused-ring (bicyclic) bond motifs is 1. The van der Waals surface area contributed by atoms with E-state index in [0.717, 1.165) is 4.31 Å². The van der Waals surface area contributed by atoms with Crippen LogP contribution < -0.4 is 5.32 Å². The number of hydrogen-bond donors (Lipinski definition) is 1. The van der Waals surface area contributed by atoms with Crippen LogP contribution in [0, 0.1) is 0 Å². The maximum atomic E-state index is 12.6. The third-order valence-electron chi connectivity index (χ3n) is 3.62. The Morgan fingerprint density at radius 3 is 2.46 bits per heavy atom. The zero-order valence-corrected chi connectivity index (χ0v) is 13.5. The van der Waals surface area contributed by atoms with Crippen molar-refractivity contribution in [2.75, 3.05) is 12.4 Å². The molecule has 3 rings (SSSR count). The van der Waals surface area contributed by atoms with Crippen molar-refractivity contribution in [2.45, 2.75) is 11.4 Å². The number of sulfonamides is 1. The first-order chi connectivity index (χ1) is 11.4. The molecule has 1 aliphatic rings. The van der Waals surface area contributed by atoms with Gasteiger partial charge in [0.1, 0.15) is 4.90 Å². The Morgan fingerprint density at radius 2 is 1.79 bits per heavy atom. The minimum absolute atomic E-state index is 0.0516. The number of anilines is 1. The minimum atomic E-state index is -3.93. The molecule has 0 radical (unpaired) electrons. The number of nitrogens with one attached hydrogen (secondary N) is 1. The second-order valence-corrected chi connectivity index (χ2v) is 6.96. The van der Waals surface area contributed by atoms with Gasteiger partial charge in [0.15, 0.2) is 0 Å². The number of carbonyl (C=O) groups is 2. The number of carbonyl (C=O) groups excluding carboxylic acids is 2. The van der Waals surface area contributed by atoms with E-state index in [4.69, 9.17) is 0 Å². The highest BCUT2D eigenvalue weighted by atomic mass is 32.2. The summed E-state index contributed by atoms with van der Waals surface area (Å²) in [4.78, 5) is 23.6. The molecular formula is C16H14N2O5S. The Kier molecular flexibility index (Phi) is 3.98. The number of methoxy groups -OCH3 is 1. The smallest absolute Gasteiger partial charge is 0.337 e. The number of urea groups is 1. The van der Waals surface area contributed by atoms with Crippen molar-refractivity contribution in [1.29, 1.82) is 0 Å². The number of nitrogens with zero attached hydrogens (tertiary/aromatic N) is 1. The first-order valence-electron chi connectivity index (χ1n) is 7.03. The largest absolute Gasteiger partial charge is 0.465 e. The summed E-state index contributed by atoms with van der Waals surface area (Å²) in [5.41, 5.74) is 1.18. The first-order valence-corrected chi connectivity index (χ1v) is 8.47. The third-order valence-corrected chi connectivity index (χ3v) is 5.41. The zero-order valence-electron chi connectivity index (χ0n) is 12.7. The van der Waals surface area contributed by atoms with Gasteiger partial charge in [0.05, 0.1) is 24.9 Å². The van der Waals surface area contributed by atoms with Crippen LogP contribution in [0.3, 0.4) is 0 Å². The summed E-state index contributed by atoms with van der Waals surface area (Å²) in [5.74, 6) is -0.487. The quantitative estimate of drug-likeness (QED) is 0.860. The highest BCUT2D eigenvalue weighted by Gasteiger charge is 2.36. The lowest BCUT2D eigenvalue weighted by atomic mass is 10.1. The third kappa shape index (κ3) is 2.71. The van der Waals surface area contributed by atoms with Gasteiger partial charge in [-0.1, -0.05) is 24.3 Å². The van der Waals surface area contributed by atoms with Crippen molar-refractivity contribution in [3.8, 4) is 0 Å². The van der Waals surface area contributed by atoms with Crippen molar-refractivity contribution in [1.82, 2.24) is 4.31 Å². The number of para-hydroxylation sites is 1. The standard InChI is InChI=1S/C16H14N2O5S/c1-23-15(19)12-8-6-11(7-9-12)10-18-16(20)17-13-4-2-3-5-14(13)24(18,21)22/h2-9H,10H2,1H3,(H,17,20). The molecule has 24 heavy (non-hydrogen) atoms. The summed E-state index contributed by atoms with van der Waals surface area (Å²) in [6.07, 6.45) is 0. The fourth-order valence-corrected chi connectivity index (χ4v) is 3.85. The van der Waals surface area contributed by atoms with E-state index in [-0.39, 0.29) is 17.1 Å². The van der Waals surface area contributed by atoms with Crippen LogP contribution in [0.2, 0.25) is 0 Å². The lowest BCUT2D eigenvalue weighted by Crippen LogP contribution is -2.43. The highest BCUT2D eigenvalue weighted by molar-refractivity contribution is 7.90. The summed E-state index contributed by atoms with van der Waals surface area (Å²) in [7, 11) is -2.66. The van der Waals surface area contributed by atoms with Gasteiger partial charge in [-0.3, -0.25) is 0 Å². The van der Waals surface area contributed by atoms with E-state index >= 15 is 0 Å². The van der Waals surface area contributed by atoms with E-state index in [0.29, 0.717) is 11.1 Å². The summed E-state index contributed by atoms with van der Waals surface area (Å²) in [6, 6.07) is 11.7. The van der Waals surface area contributed by atoms with Gasteiger partial charge < -0.3 is 10.1 Å². The van der Waals surface area contributed by atoms with Gasteiger partial charge in [0, 0.05) is 0 Å². The van der Waals surface area contributed by atoms with Gasteiger partial charge in [0.25, 0.3) is 10.0 Å². The normalized spacial score (nSPS) is 15.4. The molecule has 0 saturated carbocycles. The van der Waals surface area contributed by atoms with E-state index in [1.807, 2.05) is 0 Å². The van der Waals surface area contributed by atoms with Crippen LogP contribution in [0.1, 0.15) is 15.9 Å². The van der Waals surface area contributed by atoms with Crippen molar-refractivity contribution in [3.63, 3.8) is 0 Å². The second kappa shape index (κ2) is 5.97. The summed E-state index contributed by atoms with van der Waals surface area (Å²) in [5, 5.41) is 2.56. The number of ether oxygens (including phenoxy) is 1. The molecule has 0 saturated heterocycles. The molecule has 0 bridgehead atoms. The molecule has 0 atom stereocenters. The minimum Gasteiger partial charge on any atom is -0.465 e. The number of amides is 2. The number of hydrogen-bond acceptors (Lipinski definition) is 5. The molecule has 7 nitrogen and oxygen atoms in total. The lowest BCUT2D eigenvalue weighted by Gasteiger charge is -2.28. The number of esters is 1. The van der Waals surface area contributed by atoms with Gasteiger partial charge in [-0.25, -0.2) is 22.3 Å². The average Bonchev–Trinajstić information content (AvgIpc) is 2.58. The van der Waals surface area contributed by atoms with Crippen LogP contribution in [-0.4, -0.2) is 31.8 Å². The number of benzene rings is 2. The van der Waals surface area contributed by atoms with Crippen LogP contribution in [0.25, 0.3) is 0 Å². The van der Waals surface area contributed by atoms with E-state index in [9.17, 15) is 18.0 Å². The Bertz CT molecular complexity index is 906. The van der Waals surface area contributed by atoms with E-state index in [1.54, 1.807) is 24.3 Å². The molecule has 0 aliphatic carbocycles. The molecule has 2 aromatic carbocycles. The molecular weight excluding hydrogens is 332 g/mol. The Balaban J connectivity index is 1.90.